The summed E-state index contributed by atoms with van der Waals surface area (Å²) in [4.78, 5) is 16.4. The number of nitrogens with one attached hydrogen (secondary N) is 1. The lowest BCUT2D eigenvalue weighted by molar-refractivity contribution is 0.134. The molecule has 2 aromatic rings. The number of methoxy groups -OCH3 is 2. The van der Waals surface area contributed by atoms with Crippen molar-refractivity contribution in [2.45, 2.75) is 13.1 Å². The van der Waals surface area contributed by atoms with Crippen LogP contribution in [0.4, 0.5) is 9.18 Å². The van der Waals surface area contributed by atoms with Crippen LogP contribution in [0.2, 0.25) is 0 Å². The van der Waals surface area contributed by atoms with Gasteiger partial charge in [0.05, 0.1) is 14.2 Å². The lowest BCUT2D eigenvalue weighted by atomic mass is 10.1. The Morgan fingerprint density at radius 2 is 1.79 bits per heavy atom. The van der Waals surface area contributed by atoms with Gasteiger partial charge in [0.2, 0.25) is 0 Å². The average Bonchev–Trinajstić information content (AvgIpc) is 2.73. The van der Waals surface area contributed by atoms with Gasteiger partial charge >= 0.3 is 6.03 Å². The van der Waals surface area contributed by atoms with Crippen molar-refractivity contribution in [1.29, 1.82) is 0 Å². The first-order valence-electron chi connectivity index (χ1n) is 9.30. The Hall–Kier alpha value is -2.80. The molecular formula is C21H26FN3O3. The number of hydrogen-bond donors (Lipinski definition) is 1. The van der Waals surface area contributed by atoms with Gasteiger partial charge in [-0.15, -0.1) is 0 Å². The van der Waals surface area contributed by atoms with Gasteiger partial charge in [-0.05, 0) is 24.3 Å². The van der Waals surface area contributed by atoms with E-state index >= 15 is 0 Å². The number of piperazine rings is 1. The van der Waals surface area contributed by atoms with Crippen LogP contribution in [-0.2, 0) is 13.1 Å². The monoisotopic (exact) mass is 387 g/mol. The molecule has 3 rings (SSSR count). The van der Waals surface area contributed by atoms with Crippen molar-refractivity contribution < 1.29 is 18.7 Å². The number of amides is 2. The molecule has 0 bridgehead atoms. The van der Waals surface area contributed by atoms with Crippen LogP contribution in [0, 0.1) is 5.82 Å². The van der Waals surface area contributed by atoms with Crippen molar-refractivity contribution in [1.82, 2.24) is 15.1 Å². The van der Waals surface area contributed by atoms with Gasteiger partial charge in [-0.2, -0.15) is 0 Å². The number of carbonyl (C=O) groups excluding carboxylic acids is 1. The van der Waals surface area contributed by atoms with E-state index in [2.05, 4.69) is 10.2 Å². The van der Waals surface area contributed by atoms with Crippen molar-refractivity contribution in [2.75, 3.05) is 40.4 Å². The van der Waals surface area contributed by atoms with Crippen LogP contribution in [0.1, 0.15) is 11.1 Å². The third-order valence-corrected chi connectivity index (χ3v) is 4.93. The summed E-state index contributed by atoms with van der Waals surface area (Å²) in [6.45, 7) is 3.67. The number of halogens is 1. The van der Waals surface area contributed by atoms with Crippen LogP contribution in [-0.4, -0.2) is 56.2 Å². The third kappa shape index (κ3) is 4.92. The predicted molar refractivity (Wildman–Crippen MR) is 105 cm³/mol. The van der Waals surface area contributed by atoms with Gasteiger partial charge < -0.3 is 19.7 Å². The van der Waals surface area contributed by atoms with E-state index in [1.807, 2.05) is 18.2 Å². The minimum absolute atomic E-state index is 0.165. The fourth-order valence-corrected chi connectivity index (χ4v) is 3.28. The minimum Gasteiger partial charge on any atom is -0.497 e. The minimum atomic E-state index is -0.306. The van der Waals surface area contributed by atoms with Crippen LogP contribution in [0.3, 0.4) is 0 Å². The number of carbonyl (C=O) groups is 1. The molecule has 7 heteroatoms. The first-order chi connectivity index (χ1) is 13.6. The second-order valence-corrected chi connectivity index (χ2v) is 6.69. The Morgan fingerprint density at radius 1 is 1.04 bits per heavy atom. The highest BCUT2D eigenvalue weighted by molar-refractivity contribution is 5.74. The van der Waals surface area contributed by atoms with Gasteiger partial charge in [0.15, 0.2) is 0 Å². The molecule has 1 heterocycles. The summed E-state index contributed by atoms with van der Waals surface area (Å²) in [5.74, 6) is 1.31. The molecule has 0 saturated carbocycles. The highest BCUT2D eigenvalue weighted by atomic mass is 19.1. The Labute approximate surface area is 164 Å². The van der Waals surface area contributed by atoms with E-state index in [9.17, 15) is 9.18 Å². The quantitative estimate of drug-likeness (QED) is 0.828. The van der Waals surface area contributed by atoms with Crippen LogP contribution < -0.4 is 14.8 Å². The SMILES string of the molecule is COc1ccc(OC)c(CN2CCN(C(=O)NCc3ccccc3F)CC2)c1. The fourth-order valence-electron chi connectivity index (χ4n) is 3.28. The Bertz CT molecular complexity index is 807. The van der Waals surface area contributed by atoms with Crippen LogP contribution >= 0.6 is 0 Å². The normalized spacial score (nSPS) is 14.6. The van der Waals surface area contributed by atoms with E-state index in [-0.39, 0.29) is 18.4 Å². The summed E-state index contributed by atoms with van der Waals surface area (Å²) in [5, 5.41) is 2.80. The molecule has 0 aromatic heterocycles. The topological polar surface area (TPSA) is 54.0 Å². The number of urea groups is 1. The van der Waals surface area contributed by atoms with Crippen molar-refractivity contribution >= 4 is 6.03 Å². The number of hydrogen-bond acceptors (Lipinski definition) is 4. The maximum Gasteiger partial charge on any atom is 0.317 e. The molecule has 0 spiro atoms. The van der Waals surface area contributed by atoms with E-state index in [0.717, 1.165) is 36.7 Å². The summed E-state index contributed by atoms with van der Waals surface area (Å²) in [6, 6.07) is 12.1. The molecule has 1 aliphatic heterocycles. The van der Waals surface area contributed by atoms with E-state index in [1.54, 1.807) is 37.3 Å². The fraction of sp³-hybridized carbons (Fsp3) is 0.381. The van der Waals surface area contributed by atoms with Crippen LogP contribution in [0.15, 0.2) is 42.5 Å². The molecule has 0 atom stereocenters. The van der Waals surface area contributed by atoms with Gasteiger partial charge in [-0.25, -0.2) is 9.18 Å². The van der Waals surface area contributed by atoms with Crippen molar-refractivity contribution in [3.05, 3.63) is 59.4 Å². The zero-order valence-electron chi connectivity index (χ0n) is 16.3. The highest BCUT2D eigenvalue weighted by Gasteiger charge is 2.22. The van der Waals surface area contributed by atoms with Gasteiger partial charge in [0.25, 0.3) is 0 Å². The Kier molecular flexibility index (Phi) is 6.71. The molecule has 6 nitrogen and oxygen atoms in total. The number of rotatable bonds is 6. The second kappa shape index (κ2) is 9.41. The summed E-state index contributed by atoms with van der Waals surface area (Å²) in [7, 11) is 3.30. The van der Waals surface area contributed by atoms with Gasteiger partial charge in [0.1, 0.15) is 17.3 Å². The molecular weight excluding hydrogens is 361 g/mol. The lowest BCUT2D eigenvalue weighted by Gasteiger charge is -2.35. The van der Waals surface area contributed by atoms with Crippen molar-refractivity contribution in [3.8, 4) is 11.5 Å². The third-order valence-electron chi connectivity index (χ3n) is 4.93. The molecule has 2 aromatic carbocycles. The largest absolute Gasteiger partial charge is 0.497 e. The zero-order valence-corrected chi connectivity index (χ0v) is 16.3. The molecule has 0 radical (unpaired) electrons. The zero-order chi connectivity index (χ0) is 19.9. The molecule has 28 heavy (non-hydrogen) atoms. The molecule has 1 aliphatic rings. The summed E-state index contributed by atoms with van der Waals surface area (Å²) in [5.41, 5.74) is 1.54. The average molecular weight is 387 g/mol. The van der Waals surface area contributed by atoms with E-state index in [0.29, 0.717) is 18.7 Å². The maximum atomic E-state index is 13.7. The highest BCUT2D eigenvalue weighted by Crippen LogP contribution is 2.25. The van der Waals surface area contributed by atoms with Crippen molar-refractivity contribution in [2.24, 2.45) is 0 Å². The van der Waals surface area contributed by atoms with E-state index in [1.165, 1.54) is 6.07 Å². The molecule has 2 amide bonds. The first kappa shape index (κ1) is 19.9. The predicted octanol–water partition coefficient (Wildman–Crippen LogP) is 2.87. The van der Waals surface area contributed by atoms with Gasteiger partial charge in [-0.1, -0.05) is 18.2 Å². The molecule has 1 N–H and O–H groups in total. The van der Waals surface area contributed by atoms with Crippen LogP contribution in [0.5, 0.6) is 11.5 Å². The molecule has 1 saturated heterocycles. The Morgan fingerprint density at radius 3 is 2.46 bits per heavy atom. The maximum absolute atomic E-state index is 13.7. The molecule has 150 valence electrons. The number of nitrogens with zero attached hydrogens (tertiary/aromatic N) is 2. The molecule has 0 aliphatic carbocycles. The molecule has 0 unspecified atom stereocenters. The second-order valence-electron chi connectivity index (χ2n) is 6.69. The summed E-state index contributed by atoms with van der Waals surface area (Å²) in [6.07, 6.45) is 0. The van der Waals surface area contributed by atoms with Gasteiger partial charge in [-0.3, -0.25) is 4.90 Å². The summed E-state index contributed by atoms with van der Waals surface area (Å²) < 4.78 is 24.4. The van der Waals surface area contributed by atoms with E-state index in [4.69, 9.17) is 9.47 Å². The Balaban J connectivity index is 1.50. The lowest BCUT2D eigenvalue weighted by Crippen LogP contribution is -2.51. The van der Waals surface area contributed by atoms with Crippen LogP contribution in [0.25, 0.3) is 0 Å². The first-order valence-corrected chi connectivity index (χ1v) is 9.30. The standard InChI is InChI=1S/C21H26FN3O3/c1-27-18-7-8-20(28-2)17(13-18)15-24-9-11-25(12-10-24)21(26)23-14-16-5-3-4-6-19(16)22/h3-8,13H,9-12,14-15H2,1-2H3,(H,23,26). The number of ether oxygens (including phenoxy) is 2. The molecule has 1 fully saturated rings. The van der Waals surface area contributed by atoms with Crippen molar-refractivity contribution in [3.63, 3.8) is 0 Å². The smallest absolute Gasteiger partial charge is 0.317 e. The van der Waals surface area contributed by atoms with E-state index < -0.39 is 0 Å². The van der Waals surface area contributed by atoms with Gasteiger partial charge in [0, 0.05) is 50.4 Å². The summed E-state index contributed by atoms with van der Waals surface area (Å²) >= 11 is 0. The number of benzene rings is 2.